The second-order valence-electron chi connectivity index (χ2n) is 8.11. The summed E-state index contributed by atoms with van der Waals surface area (Å²) in [6, 6.07) is 16.1. The molecule has 4 rings (SSSR count). The average Bonchev–Trinajstić information content (AvgIpc) is 3.29. The van der Waals surface area contributed by atoms with Crippen molar-refractivity contribution in [2.45, 2.75) is 25.4 Å². The normalized spacial score (nSPS) is 19.0. The molecule has 1 atom stereocenters. The van der Waals surface area contributed by atoms with Crippen LogP contribution in [0.25, 0.3) is 0 Å². The lowest BCUT2D eigenvalue weighted by molar-refractivity contribution is 0.0342. The Balaban J connectivity index is 1.41. The van der Waals surface area contributed by atoms with Gasteiger partial charge in [-0.3, -0.25) is 14.6 Å². The first-order valence-electron chi connectivity index (χ1n) is 10.9. The lowest BCUT2D eigenvalue weighted by atomic mass is 10.0. The van der Waals surface area contributed by atoms with E-state index in [1.54, 1.807) is 0 Å². The fourth-order valence-electron chi connectivity index (χ4n) is 4.34. The van der Waals surface area contributed by atoms with Gasteiger partial charge in [-0.1, -0.05) is 35.9 Å². The molecule has 2 fully saturated rings. The van der Waals surface area contributed by atoms with Crippen LogP contribution in [0, 0.1) is 0 Å². The fraction of sp³-hybridized carbons (Fsp3) is 0.458. The van der Waals surface area contributed by atoms with Gasteiger partial charge in [0.05, 0.1) is 19.3 Å². The molecule has 2 heterocycles. The predicted molar refractivity (Wildman–Crippen MR) is 120 cm³/mol. The van der Waals surface area contributed by atoms with E-state index in [1.165, 1.54) is 12.8 Å². The highest BCUT2D eigenvalue weighted by Gasteiger charge is 2.24. The first kappa shape index (κ1) is 21.3. The Morgan fingerprint density at radius 1 is 1.03 bits per heavy atom. The number of amides is 1. The number of carbonyl (C=O) groups is 1. The molecule has 5 nitrogen and oxygen atoms in total. The van der Waals surface area contributed by atoms with E-state index in [1.807, 2.05) is 36.4 Å². The van der Waals surface area contributed by atoms with E-state index in [-0.39, 0.29) is 11.9 Å². The van der Waals surface area contributed by atoms with E-state index in [2.05, 4.69) is 27.2 Å². The minimum atomic E-state index is -0.0231. The monoisotopic (exact) mass is 427 g/mol. The van der Waals surface area contributed by atoms with Crippen molar-refractivity contribution in [3.05, 3.63) is 70.2 Å². The molecular formula is C24H30ClN3O2. The van der Waals surface area contributed by atoms with Gasteiger partial charge in [-0.05, 0) is 61.3 Å². The van der Waals surface area contributed by atoms with Gasteiger partial charge in [-0.15, -0.1) is 0 Å². The van der Waals surface area contributed by atoms with Gasteiger partial charge < -0.3 is 10.1 Å². The number of carbonyl (C=O) groups excluding carboxylic acids is 1. The average molecular weight is 428 g/mol. The van der Waals surface area contributed by atoms with Gasteiger partial charge in [0.25, 0.3) is 5.91 Å². The van der Waals surface area contributed by atoms with Gasteiger partial charge >= 0.3 is 0 Å². The summed E-state index contributed by atoms with van der Waals surface area (Å²) in [5, 5.41) is 3.90. The standard InChI is InChI=1S/C24H30ClN3O2/c25-22-8-4-6-20(16-22)23(28-9-1-2-10-28)17-26-24(29)21-7-3-5-19(15-21)18-27-11-13-30-14-12-27/h3-8,15-16,23H,1-2,9-14,17-18H2,(H,26,29). The van der Waals surface area contributed by atoms with E-state index in [9.17, 15) is 4.79 Å². The van der Waals surface area contributed by atoms with Gasteiger partial charge in [0.2, 0.25) is 0 Å². The van der Waals surface area contributed by atoms with Crippen molar-refractivity contribution in [2.24, 2.45) is 0 Å². The van der Waals surface area contributed by atoms with E-state index in [0.717, 1.165) is 62.1 Å². The van der Waals surface area contributed by atoms with Crippen LogP contribution < -0.4 is 5.32 Å². The van der Waals surface area contributed by atoms with Crippen LogP contribution in [0.4, 0.5) is 0 Å². The second-order valence-corrected chi connectivity index (χ2v) is 8.55. The van der Waals surface area contributed by atoms with E-state index < -0.39 is 0 Å². The van der Waals surface area contributed by atoms with Gasteiger partial charge in [0.15, 0.2) is 0 Å². The van der Waals surface area contributed by atoms with E-state index in [4.69, 9.17) is 16.3 Å². The number of nitrogens with one attached hydrogen (secondary N) is 1. The highest BCUT2D eigenvalue weighted by Crippen LogP contribution is 2.26. The smallest absolute Gasteiger partial charge is 0.251 e. The number of halogens is 1. The summed E-state index contributed by atoms with van der Waals surface area (Å²) in [6.45, 7) is 6.98. The van der Waals surface area contributed by atoms with E-state index in [0.29, 0.717) is 12.1 Å². The Morgan fingerprint density at radius 2 is 1.80 bits per heavy atom. The Labute approximate surface area is 184 Å². The summed E-state index contributed by atoms with van der Waals surface area (Å²) < 4.78 is 5.42. The van der Waals surface area contributed by atoms with Crippen LogP contribution in [0.2, 0.25) is 5.02 Å². The molecule has 160 valence electrons. The fourth-order valence-corrected chi connectivity index (χ4v) is 4.54. The van der Waals surface area contributed by atoms with Crippen LogP contribution in [0.15, 0.2) is 48.5 Å². The molecule has 2 aromatic rings. The van der Waals surface area contributed by atoms with Crippen molar-refractivity contribution >= 4 is 17.5 Å². The van der Waals surface area contributed by atoms with Crippen LogP contribution in [-0.4, -0.2) is 61.6 Å². The molecule has 30 heavy (non-hydrogen) atoms. The van der Waals surface area contributed by atoms with Crippen LogP contribution in [0.5, 0.6) is 0 Å². The molecule has 2 saturated heterocycles. The minimum Gasteiger partial charge on any atom is -0.379 e. The molecular weight excluding hydrogens is 398 g/mol. The van der Waals surface area contributed by atoms with Gasteiger partial charge in [-0.25, -0.2) is 0 Å². The molecule has 2 aromatic carbocycles. The highest BCUT2D eigenvalue weighted by molar-refractivity contribution is 6.30. The molecule has 0 radical (unpaired) electrons. The number of ether oxygens (including phenoxy) is 1. The second kappa shape index (κ2) is 10.4. The minimum absolute atomic E-state index is 0.0231. The summed E-state index contributed by atoms with van der Waals surface area (Å²) in [5.41, 5.74) is 3.04. The number of morpholine rings is 1. The Kier molecular flexibility index (Phi) is 7.39. The third-order valence-corrected chi connectivity index (χ3v) is 6.20. The Hall–Kier alpha value is -1.92. The zero-order valence-corrected chi connectivity index (χ0v) is 18.1. The molecule has 0 bridgehead atoms. The highest BCUT2D eigenvalue weighted by atomic mass is 35.5. The maximum Gasteiger partial charge on any atom is 0.251 e. The lowest BCUT2D eigenvalue weighted by Gasteiger charge is -2.28. The Morgan fingerprint density at radius 3 is 2.57 bits per heavy atom. The van der Waals surface area contributed by atoms with Crippen molar-refractivity contribution in [1.29, 1.82) is 0 Å². The topological polar surface area (TPSA) is 44.8 Å². The number of likely N-dealkylation sites (tertiary alicyclic amines) is 1. The summed E-state index contributed by atoms with van der Waals surface area (Å²) in [4.78, 5) is 17.7. The predicted octanol–water partition coefficient (Wildman–Crippen LogP) is 3.74. The largest absolute Gasteiger partial charge is 0.379 e. The zero-order valence-electron chi connectivity index (χ0n) is 17.4. The first-order valence-corrected chi connectivity index (χ1v) is 11.2. The molecule has 6 heteroatoms. The van der Waals surface area contributed by atoms with Gasteiger partial charge in [0.1, 0.15) is 0 Å². The zero-order chi connectivity index (χ0) is 20.8. The van der Waals surface area contributed by atoms with Crippen molar-refractivity contribution in [3.63, 3.8) is 0 Å². The molecule has 0 aromatic heterocycles. The summed E-state index contributed by atoms with van der Waals surface area (Å²) in [7, 11) is 0. The van der Waals surface area contributed by atoms with Crippen molar-refractivity contribution in [3.8, 4) is 0 Å². The molecule has 0 aliphatic carbocycles. The van der Waals surface area contributed by atoms with Crippen molar-refractivity contribution in [1.82, 2.24) is 15.1 Å². The summed E-state index contributed by atoms with van der Waals surface area (Å²) in [5.74, 6) is -0.0231. The third-order valence-electron chi connectivity index (χ3n) is 5.97. The maximum atomic E-state index is 12.9. The molecule has 2 aliphatic rings. The van der Waals surface area contributed by atoms with Crippen LogP contribution in [-0.2, 0) is 11.3 Å². The number of hydrogen-bond acceptors (Lipinski definition) is 4. The van der Waals surface area contributed by atoms with Gasteiger partial charge in [0, 0.05) is 36.8 Å². The molecule has 0 saturated carbocycles. The molecule has 0 spiro atoms. The van der Waals surface area contributed by atoms with Crippen LogP contribution >= 0.6 is 11.6 Å². The van der Waals surface area contributed by atoms with Crippen LogP contribution in [0.3, 0.4) is 0 Å². The lowest BCUT2D eigenvalue weighted by Crippen LogP contribution is -2.37. The summed E-state index contributed by atoms with van der Waals surface area (Å²) in [6.07, 6.45) is 2.41. The number of rotatable bonds is 7. The first-order chi connectivity index (χ1) is 14.7. The molecule has 1 unspecified atom stereocenters. The number of nitrogens with zero attached hydrogens (tertiary/aromatic N) is 2. The SMILES string of the molecule is O=C(NCC(c1cccc(Cl)c1)N1CCCC1)c1cccc(CN2CCOCC2)c1. The van der Waals surface area contributed by atoms with E-state index >= 15 is 0 Å². The van der Waals surface area contributed by atoms with Crippen molar-refractivity contribution < 1.29 is 9.53 Å². The molecule has 2 aliphatic heterocycles. The maximum absolute atomic E-state index is 12.9. The quantitative estimate of drug-likeness (QED) is 0.731. The van der Waals surface area contributed by atoms with Gasteiger partial charge in [-0.2, -0.15) is 0 Å². The van der Waals surface area contributed by atoms with Crippen molar-refractivity contribution in [2.75, 3.05) is 45.9 Å². The number of benzene rings is 2. The van der Waals surface area contributed by atoms with Crippen LogP contribution in [0.1, 0.15) is 40.4 Å². The summed E-state index contributed by atoms with van der Waals surface area (Å²) >= 11 is 6.23. The molecule has 1 amide bonds. The Bertz CT molecular complexity index is 848. The number of hydrogen-bond donors (Lipinski definition) is 1. The molecule has 1 N–H and O–H groups in total. The third kappa shape index (κ3) is 5.61.